The van der Waals surface area contributed by atoms with Crippen LogP contribution in [0.1, 0.15) is 44.9 Å². The highest BCUT2D eigenvalue weighted by molar-refractivity contribution is 6.06. The zero-order valence-electron chi connectivity index (χ0n) is 15.8. The van der Waals surface area contributed by atoms with Gasteiger partial charge in [-0.3, -0.25) is 19.8 Å². The van der Waals surface area contributed by atoms with E-state index in [2.05, 4.69) is 15.5 Å². The molecule has 0 aliphatic carbocycles. The number of amides is 2. The Morgan fingerprint density at radius 2 is 1.97 bits per heavy atom. The number of hydrogen-bond donors (Lipinski definition) is 1. The molecule has 0 aromatic carbocycles. The summed E-state index contributed by atoms with van der Waals surface area (Å²) in [7, 11) is 0. The molecule has 156 valence electrons. The molecule has 1 aliphatic rings. The van der Waals surface area contributed by atoms with Crippen LogP contribution in [0.3, 0.4) is 0 Å². The Kier molecular flexibility index (Phi) is 5.10. The summed E-state index contributed by atoms with van der Waals surface area (Å²) in [5.41, 5.74) is -1.27. The number of aromatic nitrogens is 2. The molecule has 0 bridgehead atoms. The van der Waals surface area contributed by atoms with E-state index in [9.17, 15) is 27.2 Å². The molecule has 1 fully saturated rings. The molecule has 0 radical (unpaired) electrons. The number of nitrogens with zero attached hydrogens (tertiary/aromatic N) is 3. The highest BCUT2D eigenvalue weighted by atomic mass is 19.4. The maximum absolute atomic E-state index is 13.8. The summed E-state index contributed by atoms with van der Waals surface area (Å²) in [6, 6.07) is 1.82. The van der Waals surface area contributed by atoms with Gasteiger partial charge < -0.3 is 4.52 Å². The predicted octanol–water partition coefficient (Wildman–Crippen LogP) is 3.66. The molecule has 2 aromatic heterocycles. The van der Waals surface area contributed by atoms with Gasteiger partial charge in [-0.15, -0.1) is 0 Å². The van der Waals surface area contributed by atoms with Crippen LogP contribution in [0.15, 0.2) is 22.7 Å². The third kappa shape index (κ3) is 4.22. The lowest BCUT2D eigenvalue weighted by atomic mass is 9.92. The Morgan fingerprint density at radius 1 is 1.28 bits per heavy atom. The second kappa shape index (κ2) is 7.12. The lowest BCUT2D eigenvalue weighted by molar-refractivity contribution is -0.140. The van der Waals surface area contributed by atoms with Crippen molar-refractivity contribution in [1.82, 2.24) is 10.1 Å². The number of nitrogens with one attached hydrogen (secondary N) is 1. The molecule has 2 amide bonds. The van der Waals surface area contributed by atoms with Gasteiger partial charge in [0.2, 0.25) is 23.6 Å². The number of halogens is 4. The van der Waals surface area contributed by atoms with Gasteiger partial charge in [-0.1, -0.05) is 25.9 Å². The summed E-state index contributed by atoms with van der Waals surface area (Å²) in [4.78, 5) is 29.0. The van der Waals surface area contributed by atoms with E-state index in [1.807, 2.05) is 20.8 Å². The Morgan fingerprint density at radius 3 is 2.52 bits per heavy atom. The van der Waals surface area contributed by atoms with Crippen LogP contribution in [-0.2, 0) is 21.2 Å². The van der Waals surface area contributed by atoms with Crippen molar-refractivity contribution in [3.8, 4) is 0 Å². The highest BCUT2D eigenvalue weighted by Gasteiger charge is 2.40. The third-order valence-corrected chi connectivity index (χ3v) is 4.43. The third-order valence-electron chi connectivity index (χ3n) is 4.43. The summed E-state index contributed by atoms with van der Waals surface area (Å²) in [6.07, 6.45) is -4.86. The van der Waals surface area contributed by atoms with Crippen molar-refractivity contribution in [3.05, 3.63) is 35.4 Å². The van der Waals surface area contributed by atoms with Crippen LogP contribution in [0.5, 0.6) is 0 Å². The van der Waals surface area contributed by atoms with Crippen molar-refractivity contribution >= 4 is 23.5 Å². The first-order valence-electron chi connectivity index (χ1n) is 8.72. The molecule has 7 nitrogen and oxygen atoms in total. The fourth-order valence-electron chi connectivity index (χ4n) is 2.88. The van der Waals surface area contributed by atoms with Crippen molar-refractivity contribution < 1.29 is 31.7 Å². The van der Waals surface area contributed by atoms with Crippen LogP contribution in [0, 0.1) is 5.95 Å². The maximum atomic E-state index is 13.8. The minimum atomic E-state index is -4.92. The quantitative estimate of drug-likeness (QED) is 0.612. The van der Waals surface area contributed by atoms with E-state index >= 15 is 0 Å². The molecule has 0 spiro atoms. The lowest BCUT2D eigenvalue weighted by Crippen LogP contribution is -2.42. The number of carbonyl (C=O) groups excluding carboxylic acids is 2. The van der Waals surface area contributed by atoms with E-state index in [1.165, 1.54) is 6.07 Å². The Labute approximate surface area is 163 Å². The van der Waals surface area contributed by atoms with Crippen molar-refractivity contribution in [1.29, 1.82) is 0 Å². The van der Waals surface area contributed by atoms with Crippen LogP contribution >= 0.6 is 0 Å². The molecular formula is C18H18F4N4O3. The van der Waals surface area contributed by atoms with Gasteiger partial charge in [0.1, 0.15) is 17.4 Å². The molecule has 1 aliphatic heterocycles. The average molecular weight is 414 g/mol. The van der Waals surface area contributed by atoms with Gasteiger partial charge in [0.15, 0.2) is 0 Å². The molecule has 1 N–H and O–H groups in total. The van der Waals surface area contributed by atoms with Crippen molar-refractivity contribution in [2.24, 2.45) is 0 Å². The van der Waals surface area contributed by atoms with E-state index in [-0.39, 0.29) is 30.0 Å². The monoisotopic (exact) mass is 414 g/mol. The summed E-state index contributed by atoms with van der Waals surface area (Å²) >= 11 is 0. The summed E-state index contributed by atoms with van der Waals surface area (Å²) in [5, 5.41) is 6.35. The van der Waals surface area contributed by atoms with Crippen LogP contribution in [0.4, 0.5) is 29.3 Å². The van der Waals surface area contributed by atoms with Crippen molar-refractivity contribution in [2.45, 2.75) is 51.2 Å². The number of pyridine rings is 1. The first kappa shape index (κ1) is 20.7. The standard InChI is InChI=1S/C18H18F4N4O3/c1-17(2,3)11-8-13(29-25-11)24-16(28)10-5-7-14(27)26(10)12-6-4-9(15(19)23-12)18(20,21)22/h4,6,8,10H,5,7H2,1-3H3,(H,24,28)/t10-/m0/s1. The number of carbonyl (C=O) groups is 2. The van der Waals surface area contributed by atoms with E-state index in [1.54, 1.807) is 0 Å². The molecule has 11 heteroatoms. The van der Waals surface area contributed by atoms with Crippen LogP contribution in [0.2, 0.25) is 0 Å². The van der Waals surface area contributed by atoms with E-state index in [0.29, 0.717) is 11.8 Å². The van der Waals surface area contributed by atoms with Gasteiger partial charge in [0.05, 0.1) is 5.69 Å². The first-order valence-corrected chi connectivity index (χ1v) is 8.72. The highest BCUT2D eigenvalue weighted by Crippen LogP contribution is 2.33. The van der Waals surface area contributed by atoms with E-state index in [4.69, 9.17) is 4.52 Å². The number of anilines is 2. The molecule has 29 heavy (non-hydrogen) atoms. The van der Waals surface area contributed by atoms with Gasteiger partial charge in [-0.05, 0) is 18.6 Å². The maximum Gasteiger partial charge on any atom is 0.420 e. The number of rotatable bonds is 3. The smallest absolute Gasteiger partial charge is 0.338 e. The zero-order chi connectivity index (χ0) is 21.6. The molecular weight excluding hydrogens is 396 g/mol. The van der Waals surface area contributed by atoms with E-state index in [0.717, 1.165) is 11.0 Å². The molecule has 1 atom stereocenters. The topological polar surface area (TPSA) is 88.3 Å². The number of hydrogen-bond acceptors (Lipinski definition) is 5. The Bertz CT molecular complexity index is 949. The van der Waals surface area contributed by atoms with E-state index < -0.39 is 35.5 Å². The van der Waals surface area contributed by atoms with Gasteiger partial charge >= 0.3 is 6.18 Å². The zero-order valence-corrected chi connectivity index (χ0v) is 15.8. The number of alkyl halides is 3. The van der Waals surface area contributed by atoms with Gasteiger partial charge in [-0.2, -0.15) is 17.6 Å². The minimum Gasteiger partial charge on any atom is -0.338 e. The molecule has 2 aromatic rings. The molecule has 0 unspecified atom stereocenters. The minimum absolute atomic E-state index is 0.0357. The van der Waals surface area contributed by atoms with Gasteiger partial charge in [0.25, 0.3) is 0 Å². The van der Waals surface area contributed by atoms with Gasteiger partial charge in [-0.25, -0.2) is 4.98 Å². The lowest BCUT2D eigenvalue weighted by Gasteiger charge is -2.23. The van der Waals surface area contributed by atoms with Crippen molar-refractivity contribution in [3.63, 3.8) is 0 Å². The second-order valence-corrected chi connectivity index (χ2v) is 7.64. The van der Waals surface area contributed by atoms with Crippen LogP contribution in [-0.4, -0.2) is 28.0 Å². The fraction of sp³-hybridized carbons (Fsp3) is 0.444. The molecule has 3 heterocycles. The SMILES string of the molecule is CC(C)(C)c1cc(NC(=O)[C@@H]2CCC(=O)N2c2ccc(C(F)(F)F)c(F)n2)on1. The predicted molar refractivity (Wildman–Crippen MR) is 93.5 cm³/mol. The molecule has 0 saturated carbocycles. The normalized spacial score (nSPS) is 17.7. The summed E-state index contributed by atoms with van der Waals surface area (Å²) in [6.45, 7) is 5.70. The second-order valence-electron chi connectivity index (χ2n) is 7.64. The summed E-state index contributed by atoms with van der Waals surface area (Å²) in [5.74, 6) is -3.27. The van der Waals surface area contributed by atoms with Gasteiger partial charge in [0, 0.05) is 17.9 Å². The average Bonchev–Trinajstić information content (AvgIpc) is 3.20. The van der Waals surface area contributed by atoms with Crippen molar-refractivity contribution in [2.75, 3.05) is 10.2 Å². The van der Waals surface area contributed by atoms with Crippen LogP contribution in [0.25, 0.3) is 0 Å². The summed E-state index contributed by atoms with van der Waals surface area (Å²) < 4.78 is 57.1. The molecule has 1 saturated heterocycles. The molecule has 3 rings (SSSR count). The fourth-order valence-corrected chi connectivity index (χ4v) is 2.88. The van der Waals surface area contributed by atoms with Crippen LogP contribution < -0.4 is 10.2 Å². The Hall–Kier alpha value is -2.98. The Balaban J connectivity index is 1.82. The first-order chi connectivity index (χ1) is 13.4. The largest absolute Gasteiger partial charge is 0.420 e.